The third-order valence-corrected chi connectivity index (χ3v) is 3.69. The first-order valence-electron chi connectivity index (χ1n) is 7.60. The zero-order chi connectivity index (χ0) is 17.8. The number of rotatable bonds is 4. The van der Waals surface area contributed by atoms with Gasteiger partial charge in [-0.3, -0.25) is 9.59 Å². The van der Waals surface area contributed by atoms with Gasteiger partial charge in [-0.05, 0) is 43.3 Å². The van der Waals surface area contributed by atoms with Gasteiger partial charge in [0, 0.05) is 16.1 Å². The number of carbonyl (C=O) groups excluding carboxylic acids is 2. The van der Waals surface area contributed by atoms with Crippen molar-refractivity contribution in [3.63, 3.8) is 0 Å². The van der Waals surface area contributed by atoms with E-state index >= 15 is 0 Å². The van der Waals surface area contributed by atoms with Gasteiger partial charge < -0.3 is 15.1 Å². The molecule has 1 aromatic heterocycles. The predicted octanol–water partition coefficient (Wildman–Crippen LogP) is 4.85. The van der Waals surface area contributed by atoms with Crippen molar-refractivity contribution < 1.29 is 14.0 Å². The highest BCUT2D eigenvalue weighted by Crippen LogP contribution is 2.31. The summed E-state index contributed by atoms with van der Waals surface area (Å²) in [5, 5.41) is 6.58. The maximum absolute atomic E-state index is 12.6. The minimum atomic E-state index is -0.478. The summed E-state index contributed by atoms with van der Waals surface area (Å²) in [4.78, 5) is 24.6. The predicted molar refractivity (Wildman–Crippen MR) is 99.1 cm³/mol. The normalized spacial score (nSPS) is 11.0. The van der Waals surface area contributed by atoms with Crippen LogP contribution in [0.25, 0.3) is 11.0 Å². The molecule has 0 aliphatic rings. The van der Waals surface area contributed by atoms with Crippen LogP contribution >= 0.6 is 11.6 Å². The Morgan fingerprint density at radius 1 is 1.08 bits per heavy atom. The van der Waals surface area contributed by atoms with Gasteiger partial charge in [-0.25, -0.2) is 0 Å². The fourth-order valence-corrected chi connectivity index (χ4v) is 2.59. The molecule has 0 unspecified atom stereocenters. The zero-order valence-corrected chi connectivity index (χ0v) is 14.1. The second-order valence-electron chi connectivity index (χ2n) is 5.26. The minimum Gasteiger partial charge on any atom is -0.449 e. The molecule has 5 nitrogen and oxygen atoms in total. The standard InChI is InChI=1S/C19H15ClN2O3/c1-2-6-16(23)22-17-14-9-3-4-10-15(14)25-18(17)19(24)21-13-8-5-7-12(20)11-13/h2-11H,1H3,(H,21,24)(H,22,23)/b6-2+. The Kier molecular flexibility index (Phi) is 4.86. The summed E-state index contributed by atoms with van der Waals surface area (Å²) < 4.78 is 5.66. The number of halogens is 1. The van der Waals surface area contributed by atoms with Gasteiger partial charge >= 0.3 is 0 Å². The number of furan rings is 1. The summed E-state index contributed by atoms with van der Waals surface area (Å²) in [6.07, 6.45) is 2.99. The van der Waals surface area contributed by atoms with E-state index in [2.05, 4.69) is 10.6 Å². The lowest BCUT2D eigenvalue weighted by Gasteiger charge is -2.06. The van der Waals surface area contributed by atoms with Gasteiger partial charge in [-0.2, -0.15) is 0 Å². The zero-order valence-electron chi connectivity index (χ0n) is 13.4. The van der Waals surface area contributed by atoms with Crippen molar-refractivity contribution >= 4 is 45.8 Å². The molecule has 0 aliphatic carbocycles. The number of hydrogen-bond acceptors (Lipinski definition) is 3. The Morgan fingerprint density at radius 2 is 1.88 bits per heavy atom. The lowest BCUT2D eigenvalue weighted by molar-refractivity contribution is -0.111. The Hall–Kier alpha value is -3.05. The maximum Gasteiger partial charge on any atom is 0.293 e. The quantitative estimate of drug-likeness (QED) is 0.658. The van der Waals surface area contributed by atoms with Gasteiger partial charge in [0.1, 0.15) is 11.3 Å². The second-order valence-corrected chi connectivity index (χ2v) is 5.69. The summed E-state index contributed by atoms with van der Waals surface area (Å²) in [6, 6.07) is 13.9. The summed E-state index contributed by atoms with van der Waals surface area (Å²) in [5.41, 5.74) is 1.37. The number of amides is 2. The molecule has 0 bridgehead atoms. The molecule has 0 saturated carbocycles. The van der Waals surface area contributed by atoms with E-state index < -0.39 is 5.91 Å². The second kappa shape index (κ2) is 7.23. The number of nitrogens with one attached hydrogen (secondary N) is 2. The largest absolute Gasteiger partial charge is 0.449 e. The highest BCUT2D eigenvalue weighted by molar-refractivity contribution is 6.31. The number of hydrogen-bond donors (Lipinski definition) is 2. The molecule has 2 N–H and O–H groups in total. The molecule has 25 heavy (non-hydrogen) atoms. The molecule has 0 aliphatic heterocycles. The van der Waals surface area contributed by atoms with Gasteiger partial charge in [-0.15, -0.1) is 0 Å². The van der Waals surface area contributed by atoms with E-state index in [0.717, 1.165) is 0 Å². The van der Waals surface area contributed by atoms with E-state index in [1.54, 1.807) is 55.5 Å². The smallest absolute Gasteiger partial charge is 0.293 e. The number of carbonyl (C=O) groups is 2. The molecule has 0 spiro atoms. The topological polar surface area (TPSA) is 71.3 Å². The molecule has 0 atom stereocenters. The highest BCUT2D eigenvalue weighted by atomic mass is 35.5. The van der Waals surface area contributed by atoms with Crippen molar-refractivity contribution in [2.45, 2.75) is 6.92 Å². The molecule has 3 aromatic rings. The first-order valence-corrected chi connectivity index (χ1v) is 7.98. The van der Waals surface area contributed by atoms with Gasteiger partial charge in [-0.1, -0.05) is 35.9 Å². The molecule has 6 heteroatoms. The van der Waals surface area contributed by atoms with Crippen LogP contribution in [0.2, 0.25) is 5.02 Å². The maximum atomic E-state index is 12.6. The molecule has 2 amide bonds. The van der Waals surface area contributed by atoms with Crippen molar-refractivity contribution in [3.8, 4) is 0 Å². The van der Waals surface area contributed by atoms with Gasteiger partial charge in [0.25, 0.3) is 5.91 Å². The van der Waals surface area contributed by atoms with Gasteiger partial charge in [0.2, 0.25) is 11.7 Å². The van der Waals surface area contributed by atoms with E-state index in [0.29, 0.717) is 27.4 Å². The monoisotopic (exact) mass is 354 g/mol. The molecule has 0 radical (unpaired) electrons. The fourth-order valence-electron chi connectivity index (χ4n) is 2.40. The SMILES string of the molecule is C/C=C/C(=O)Nc1c(C(=O)Nc2cccc(Cl)c2)oc2ccccc12. The summed E-state index contributed by atoms with van der Waals surface area (Å²) in [6.45, 7) is 1.74. The number of para-hydroxylation sites is 1. The third-order valence-electron chi connectivity index (χ3n) is 3.45. The molecule has 3 rings (SSSR count). The molecule has 2 aromatic carbocycles. The Morgan fingerprint density at radius 3 is 2.64 bits per heavy atom. The van der Waals surface area contributed by atoms with Crippen molar-refractivity contribution in [3.05, 3.63) is 71.5 Å². The van der Waals surface area contributed by atoms with Crippen LogP contribution in [0.15, 0.2) is 65.1 Å². The Bertz CT molecular complexity index is 976. The van der Waals surface area contributed by atoms with Crippen molar-refractivity contribution in [1.82, 2.24) is 0 Å². The number of anilines is 2. The molecule has 0 saturated heterocycles. The van der Waals surface area contributed by atoms with E-state index in [9.17, 15) is 9.59 Å². The first kappa shape index (κ1) is 16.8. The Labute approximate surface area is 149 Å². The van der Waals surface area contributed by atoms with Crippen LogP contribution < -0.4 is 10.6 Å². The van der Waals surface area contributed by atoms with Gasteiger partial charge in [0.15, 0.2) is 0 Å². The van der Waals surface area contributed by atoms with Gasteiger partial charge in [0.05, 0.1) is 0 Å². The lowest BCUT2D eigenvalue weighted by atomic mass is 10.2. The summed E-state index contributed by atoms with van der Waals surface area (Å²) in [5.74, 6) is -0.792. The van der Waals surface area contributed by atoms with E-state index in [-0.39, 0.29) is 11.7 Å². The highest BCUT2D eigenvalue weighted by Gasteiger charge is 2.21. The minimum absolute atomic E-state index is 0.0269. The molecule has 0 fully saturated rings. The third kappa shape index (κ3) is 3.72. The number of fused-ring (bicyclic) bond motifs is 1. The molecular formula is C19H15ClN2O3. The lowest BCUT2D eigenvalue weighted by Crippen LogP contribution is -2.15. The van der Waals surface area contributed by atoms with Crippen LogP contribution in [-0.4, -0.2) is 11.8 Å². The number of allylic oxidation sites excluding steroid dienone is 1. The van der Waals surface area contributed by atoms with Crippen LogP contribution in [0.5, 0.6) is 0 Å². The fraction of sp³-hybridized carbons (Fsp3) is 0.0526. The molecule has 126 valence electrons. The number of benzene rings is 2. The van der Waals surface area contributed by atoms with Crippen LogP contribution in [0.1, 0.15) is 17.5 Å². The van der Waals surface area contributed by atoms with E-state index in [1.165, 1.54) is 6.08 Å². The molecular weight excluding hydrogens is 340 g/mol. The van der Waals surface area contributed by atoms with Crippen LogP contribution in [-0.2, 0) is 4.79 Å². The average Bonchev–Trinajstić information content (AvgIpc) is 2.94. The average molecular weight is 355 g/mol. The summed E-state index contributed by atoms with van der Waals surface area (Å²) in [7, 11) is 0. The van der Waals surface area contributed by atoms with E-state index in [4.69, 9.17) is 16.0 Å². The van der Waals surface area contributed by atoms with Crippen LogP contribution in [0.3, 0.4) is 0 Å². The van der Waals surface area contributed by atoms with Crippen molar-refractivity contribution in [1.29, 1.82) is 0 Å². The van der Waals surface area contributed by atoms with Crippen molar-refractivity contribution in [2.75, 3.05) is 10.6 Å². The molecule has 1 heterocycles. The van der Waals surface area contributed by atoms with Crippen LogP contribution in [0.4, 0.5) is 11.4 Å². The summed E-state index contributed by atoms with van der Waals surface area (Å²) >= 11 is 5.93. The Balaban J connectivity index is 1.99. The van der Waals surface area contributed by atoms with E-state index in [1.807, 2.05) is 6.07 Å². The van der Waals surface area contributed by atoms with Crippen molar-refractivity contribution in [2.24, 2.45) is 0 Å². The van der Waals surface area contributed by atoms with Crippen LogP contribution in [0, 0.1) is 0 Å². The first-order chi connectivity index (χ1) is 12.1.